The van der Waals surface area contributed by atoms with Crippen molar-refractivity contribution in [3.8, 4) is 0 Å². The normalized spacial score (nSPS) is 14.4. The molecule has 26 heavy (non-hydrogen) atoms. The highest BCUT2D eigenvalue weighted by molar-refractivity contribution is 6.43. The van der Waals surface area contributed by atoms with Gasteiger partial charge in [-0.05, 0) is 43.7 Å². The van der Waals surface area contributed by atoms with Crippen LogP contribution in [0.15, 0.2) is 30.3 Å². The minimum Gasteiger partial charge on any atom is -0.324 e. The molecule has 1 atom stereocenters. The maximum Gasteiger partial charge on any atom is 0.262 e. The zero-order chi connectivity index (χ0) is 19.2. The first-order valence-corrected chi connectivity index (χ1v) is 8.40. The lowest BCUT2D eigenvalue weighted by Gasteiger charge is -2.22. The summed E-state index contributed by atoms with van der Waals surface area (Å²) < 4.78 is 13.4. The van der Waals surface area contributed by atoms with Gasteiger partial charge in [0, 0.05) is 5.69 Å². The monoisotopic (exact) mass is 394 g/mol. The molecule has 1 aliphatic rings. The average Bonchev–Trinajstić information content (AvgIpc) is 2.81. The van der Waals surface area contributed by atoms with Gasteiger partial charge < -0.3 is 5.32 Å². The average molecular weight is 395 g/mol. The predicted molar refractivity (Wildman–Crippen MR) is 96.2 cm³/mol. The molecule has 0 saturated heterocycles. The third-order valence-electron chi connectivity index (χ3n) is 4.18. The number of fused-ring (bicyclic) bond motifs is 1. The second-order valence-corrected chi connectivity index (χ2v) is 6.73. The molecule has 0 saturated carbocycles. The topological polar surface area (TPSA) is 66.5 Å². The van der Waals surface area contributed by atoms with Gasteiger partial charge in [0.05, 0.1) is 21.2 Å². The lowest BCUT2D eigenvalue weighted by molar-refractivity contribution is -0.119. The summed E-state index contributed by atoms with van der Waals surface area (Å²) >= 11 is 11.8. The standard InChI is InChI=1S/C18H13Cl2FN2O3/c1-8-3-4-10(21)5-15(8)22-16(24)9(2)23-17(25)11-6-13(19)14(20)7-12(11)18(23)26/h3-7,9H,1-2H3,(H,22,24). The molecular formula is C18H13Cl2FN2O3. The number of hydrogen-bond donors (Lipinski definition) is 1. The van der Waals surface area contributed by atoms with E-state index in [-0.39, 0.29) is 26.9 Å². The molecule has 2 aromatic carbocycles. The maximum atomic E-state index is 13.4. The smallest absolute Gasteiger partial charge is 0.262 e. The Hall–Kier alpha value is -2.44. The first-order valence-electron chi connectivity index (χ1n) is 7.64. The third-order valence-corrected chi connectivity index (χ3v) is 4.91. The van der Waals surface area contributed by atoms with Crippen LogP contribution in [0, 0.1) is 12.7 Å². The minimum atomic E-state index is -1.11. The van der Waals surface area contributed by atoms with E-state index in [0.717, 1.165) is 4.90 Å². The maximum absolute atomic E-state index is 13.4. The third kappa shape index (κ3) is 3.06. The number of nitrogens with one attached hydrogen (secondary N) is 1. The number of rotatable bonds is 3. The molecule has 0 fully saturated rings. The molecule has 1 heterocycles. The van der Waals surface area contributed by atoms with Crippen LogP contribution in [0.2, 0.25) is 10.0 Å². The Morgan fingerprint density at radius 2 is 1.62 bits per heavy atom. The molecule has 1 N–H and O–H groups in total. The molecular weight excluding hydrogens is 382 g/mol. The lowest BCUT2D eigenvalue weighted by atomic mass is 10.1. The Morgan fingerprint density at radius 3 is 2.15 bits per heavy atom. The molecule has 5 nitrogen and oxygen atoms in total. The number of benzene rings is 2. The van der Waals surface area contributed by atoms with Gasteiger partial charge >= 0.3 is 0 Å². The molecule has 0 bridgehead atoms. The van der Waals surface area contributed by atoms with Crippen LogP contribution in [0.4, 0.5) is 10.1 Å². The Kier molecular flexibility index (Phi) is 4.73. The van der Waals surface area contributed by atoms with Crippen molar-refractivity contribution in [3.63, 3.8) is 0 Å². The number of hydrogen-bond acceptors (Lipinski definition) is 3. The fourth-order valence-electron chi connectivity index (χ4n) is 2.69. The molecule has 3 rings (SSSR count). The van der Waals surface area contributed by atoms with Crippen LogP contribution in [0.5, 0.6) is 0 Å². The van der Waals surface area contributed by atoms with E-state index >= 15 is 0 Å². The molecule has 1 aliphatic heterocycles. The molecule has 2 aromatic rings. The van der Waals surface area contributed by atoms with E-state index in [4.69, 9.17) is 23.2 Å². The highest BCUT2D eigenvalue weighted by Crippen LogP contribution is 2.32. The zero-order valence-electron chi connectivity index (χ0n) is 13.8. The largest absolute Gasteiger partial charge is 0.324 e. The quantitative estimate of drug-likeness (QED) is 0.797. The van der Waals surface area contributed by atoms with Gasteiger partial charge in [-0.2, -0.15) is 0 Å². The molecule has 8 heteroatoms. The van der Waals surface area contributed by atoms with Crippen LogP contribution >= 0.6 is 23.2 Å². The van der Waals surface area contributed by atoms with Gasteiger partial charge in [0.15, 0.2) is 0 Å². The number of anilines is 1. The van der Waals surface area contributed by atoms with Gasteiger partial charge in [-0.15, -0.1) is 0 Å². The highest BCUT2D eigenvalue weighted by atomic mass is 35.5. The first kappa shape index (κ1) is 18.4. The first-order chi connectivity index (χ1) is 12.2. The Bertz CT molecular complexity index is 921. The summed E-state index contributed by atoms with van der Waals surface area (Å²) in [4.78, 5) is 38.4. The molecule has 134 valence electrons. The van der Waals surface area contributed by atoms with E-state index in [9.17, 15) is 18.8 Å². The summed E-state index contributed by atoms with van der Waals surface area (Å²) in [5, 5.41) is 2.82. The summed E-state index contributed by atoms with van der Waals surface area (Å²) in [6, 6.07) is 5.46. The number of carbonyl (C=O) groups excluding carboxylic acids is 3. The number of carbonyl (C=O) groups is 3. The van der Waals surface area contributed by atoms with E-state index in [1.807, 2.05) is 0 Å². The molecule has 0 aromatic heterocycles. The van der Waals surface area contributed by atoms with Crippen LogP contribution in [-0.2, 0) is 4.79 Å². The van der Waals surface area contributed by atoms with Crippen molar-refractivity contribution >= 4 is 46.6 Å². The zero-order valence-corrected chi connectivity index (χ0v) is 15.3. The van der Waals surface area contributed by atoms with Crippen molar-refractivity contribution in [1.29, 1.82) is 0 Å². The second kappa shape index (κ2) is 6.70. The van der Waals surface area contributed by atoms with Crippen molar-refractivity contribution in [2.24, 2.45) is 0 Å². The van der Waals surface area contributed by atoms with Crippen LogP contribution in [0.1, 0.15) is 33.2 Å². The summed E-state index contributed by atoms with van der Waals surface area (Å²) in [5.41, 5.74) is 1.09. The summed E-state index contributed by atoms with van der Waals surface area (Å²) in [6.45, 7) is 3.11. The molecule has 0 aliphatic carbocycles. The van der Waals surface area contributed by atoms with E-state index in [1.165, 1.54) is 37.3 Å². The number of nitrogens with zero attached hydrogens (tertiary/aromatic N) is 1. The molecule has 0 spiro atoms. The van der Waals surface area contributed by atoms with Crippen molar-refractivity contribution in [2.45, 2.75) is 19.9 Å². The van der Waals surface area contributed by atoms with Crippen molar-refractivity contribution < 1.29 is 18.8 Å². The van der Waals surface area contributed by atoms with Crippen LogP contribution < -0.4 is 5.32 Å². The molecule has 3 amide bonds. The van der Waals surface area contributed by atoms with E-state index in [1.54, 1.807) is 6.92 Å². The van der Waals surface area contributed by atoms with Gasteiger partial charge in [-0.1, -0.05) is 29.3 Å². The second-order valence-electron chi connectivity index (χ2n) is 5.92. The number of halogens is 3. The highest BCUT2D eigenvalue weighted by Gasteiger charge is 2.41. The van der Waals surface area contributed by atoms with Crippen molar-refractivity contribution in [2.75, 3.05) is 5.32 Å². The fourth-order valence-corrected chi connectivity index (χ4v) is 3.01. The summed E-state index contributed by atoms with van der Waals surface area (Å²) in [6.07, 6.45) is 0. The minimum absolute atomic E-state index is 0.0889. The van der Waals surface area contributed by atoms with Crippen molar-refractivity contribution in [1.82, 2.24) is 4.90 Å². The van der Waals surface area contributed by atoms with Gasteiger partial charge in [-0.25, -0.2) is 4.39 Å². The van der Waals surface area contributed by atoms with Crippen molar-refractivity contribution in [3.05, 3.63) is 62.9 Å². The fraction of sp³-hybridized carbons (Fsp3) is 0.167. The predicted octanol–water partition coefficient (Wildman–Crippen LogP) is 4.06. The number of amides is 3. The van der Waals surface area contributed by atoms with Gasteiger partial charge in [0.1, 0.15) is 11.9 Å². The Labute approximate surface area is 158 Å². The summed E-state index contributed by atoms with van der Waals surface area (Å²) in [7, 11) is 0. The van der Waals surface area contributed by atoms with Crippen LogP contribution in [0.25, 0.3) is 0 Å². The lowest BCUT2D eigenvalue weighted by Crippen LogP contribution is -2.45. The Balaban J connectivity index is 1.87. The van der Waals surface area contributed by atoms with Crippen LogP contribution in [0.3, 0.4) is 0 Å². The molecule has 1 unspecified atom stereocenters. The SMILES string of the molecule is Cc1ccc(F)cc1NC(=O)C(C)N1C(=O)c2cc(Cl)c(Cl)cc2C1=O. The Morgan fingerprint density at radius 1 is 1.08 bits per heavy atom. The molecule has 0 radical (unpaired) electrons. The van der Waals surface area contributed by atoms with Gasteiger partial charge in [0.2, 0.25) is 5.91 Å². The number of imide groups is 1. The van der Waals surface area contributed by atoms with Gasteiger partial charge in [-0.3, -0.25) is 19.3 Å². The summed E-state index contributed by atoms with van der Waals surface area (Å²) in [5.74, 6) is -2.40. The number of aryl methyl sites for hydroxylation is 1. The van der Waals surface area contributed by atoms with Gasteiger partial charge in [0.25, 0.3) is 11.8 Å². The van der Waals surface area contributed by atoms with E-state index in [0.29, 0.717) is 5.56 Å². The van der Waals surface area contributed by atoms with E-state index < -0.39 is 29.6 Å². The van der Waals surface area contributed by atoms with E-state index in [2.05, 4.69) is 5.32 Å². The van der Waals surface area contributed by atoms with Crippen LogP contribution in [-0.4, -0.2) is 28.7 Å².